The molecule has 3 aliphatic rings. The zero-order chi connectivity index (χ0) is 27.0. The zero-order valence-electron chi connectivity index (χ0n) is 25.3. The molecule has 1 heterocycles. The fourth-order valence-electron chi connectivity index (χ4n) is 5.32. The van der Waals surface area contributed by atoms with Crippen LogP contribution in [-0.2, 0) is 31.8 Å². The van der Waals surface area contributed by atoms with Crippen LogP contribution in [0.15, 0.2) is 55.2 Å². The number of allylic oxidation sites excluding steroid dienone is 2. The summed E-state index contributed by atoms with van der Waals surface area (Å²) in [4.78, 5) is 0. The van der Waals surface area contributed by atoms with Gasteiger partial charge in [-0.1, -0.05) is 0 Å². The molecule has 0 saturated carbocycles. The van der Waals surface area contributed by atoms with Gasteiger partial charge in [0.15, 0.2) is 0 Å². The van der Waals surface area contributed by atoms with Gasteiger partial charge >= 0.3 is 240 Å². The molecule has 0 radical (unpaired) electrons. The van der Waals surface area contributed by atoms with E-state index in [1.54, 1.807) is 17.8 Å². The summed E-state index contributed by atoms with van der Waals surface area (Å²) in [5.74, 6) is 0. The van der Waals surface area contributed by atoms with Gasteiger partial charge in [-0.2, -0.15) is 0 Å². The number of fused-ring (bicyclic) bond motifs is 4. The molecule has 39 heavy (non-hydrogen) atoms. The average Bonchev–Trinajstić information content (AvgIpc) is 3.14. The summed E-state index contributed by atoms with van der Waals surface area (Å²) in [6.07, 6.45) is 2.52. The third kappa shape index (κ3) is 5.85. The van der Waals surface area contributed by atoms with Gasteiger partial charge in [0.2, 0.25) is 0 Å². The molecule has 2 aromatic carbocycles. The molecule has 5 rings (SSSR count). The first-order valence-electron chi connectivity index (χ1n) is 13.9. The van der Waals surface area contributed by atoms with E-state index in [0.29, 0.717) is 0 Å². The molecule has 2 aliphatic carbocycles. The van der Waals surface area contributed by atoms with Crippen molar-refractivity contribution in [3.63, 3.8) is 0 Å². The van der Waals surface area contributed by atoms with E-state index in [9.17, 15) is 0 Å². The normalized spacial score (nSPS) is 20.5. The van der Waals surface area contributed by atoms with Crippen molar-refractivity contribution in [2.45, 2.75) is 103 Å². The van der Waals surface area contributed by atoms with Gasteiger partial charge in [0, 0.05) is 0 Å². The minimum absolute atomic E-state index is 0. The molecule has 0 fully saturated rings. The molecule has 0 unspecified atom stereocenters. The Hall–Kier alpha value is -0.276. The van der Waals surface area contributed by atoms with Crippen molar-refractivity contribution in [1.29, 1.82) is 0 Å². The second-order valence-corrected chi connectivity index (χ2v) is 28.4. The SMILES string of the molecule is CC(C)(C)[Si](C)(C)O[C@@H]1[C]2=C(CCC3=[C]([Hf+2]2)[C@H](O[Si](C)(C)C(C)(C)C)c2ccccc23)c2ccccc21.[Cl-].[Cl-]. The van der Waals surface area contributed by atoms with Crippen LogP contribution >= 0.6 is 0 Å². The maximum absolute atomic E-state index is 7.31. The smallest absolute Gasteiger partial charge is 1.00 e. The molecule has 0 spiro atoms. The van der Waals surface area contributed by atoms with Gasteiger partial charge in [-0.05, 0) is 0 Å². The fraction of sp³-hybridized carbons (Fsp3) is 0.500. The third-order valence-corrected chi connectivity index (χ3v) is 24.5. The standard InChI is InChI=1S/C32H44O2Si2.2ClH.Hf/c1-31(2,3)35(7,8)33-29-21-23(25-15-11-13-17-27(25)29)19-20-24-22-30(28-18-14-12-16-26(24)28)34-36(9,10)32(4,5)6;;;/h11-18,29-30H,19-20H2,1-10H3;2*1H;/q;;;+2/p-2/t29-,30+;;;. The van der Waals surface area contributed by atoms with Crippen molar-refractivity contribution >= 4 is 27.8 Å². The Morgan fingerprint density at radius 2 is 0.949 bits per heavy atom. The number of hydrogen-bond acceptors (Lipinski definition) is 2. The number of halogens is 2. The Balaban J connectivity index is 0.00000210. The molecule has 0 saturated heterocycles. The molecule has 1 aliphatic heterocycles. The van der Waals surface area contributed by atoms with Crippen LogP contribution in [0.25, 0.3) is 11.1 Å². The van der Waals surface area contributed by atoms with Crippen molar-refractivity contribution in [1.82, 2.24) is 0 Å². The average molecular weight is 766 g/mol. The molecular formula is C32H44Cl2HfO2Si2. The molecular weight excluding hydrogens is 722 g/mol. The molecule has 7 heteroatoms. The Morgan fingerprint density at radius 1 is 0.615 bits per heavy atom. The van der Waals surface area contributed by atoms with Crippen LogP contribution in [0.4, 0.5) is 0 Å². The summed E-state index contributed by atoms with van der Waals surface area (Å²) >= 11 is -1.45. The summed E-state index contributed by atoms with van der Waals surface area (Å²) in [6.45, 7) is 23.8. The Labute approximate surface area is 262 Å². The van der Waals surface area contributed by atoms with Crippen molar-refractivity contribution in [2.24, 2.45) is 0 Å². The summed E-state index contributed by atoms with van der Waals surface area (Å²) in [7, 11) is -3.90. The summed E-state index contributed by atoms with van der Waals surface area (Å²) in [5, 5.41) is 0.373. The zero-order valence-corrected chi connectivity index (χ0v) is 32.4. The predicted octanol–water partition coefficient (Wildman–Crippen LogP) is 3.85. The monoisotopic (exact) mass is 766 g/mol. The molecule has 210 valence electrons. The van der Waals surface area contributed by atoms with Gasteiger partial charge < -0.3 is 24.8 Å². The number of rotatable bonds is 4. The van der Waals surface area contributed by atoms with Crippen molar-refractivity contribution < 1.29 is 56.6 Å². The van der Waals surface area contributed by atoms with Gasteiger partial charge in [-0.25, -0.2) is 0 Å². The Kier molecular flexibility index (Phi) is 9.74. The maximum atomic E-state index is 7.31. The molecule has 0 amide bonds. The van der Waals surface area contributed by atoms with E-state index in [2.05, 4.69) is 116 Å². The predicted molar refractivity (Wildman–Crippen MR) is 158 cm³/mol. The topological polar surface area (TPSA) is 18.5 Å². The van der Waals surface area contributed by atoms with Crippen LogP contribution < -0.4 is 24.8 Å². The van der Waals surface area contributed by atoms with E-state index >= 15 is 0 Å². The van der Waals surface area contributed by atoms with E-state index in [1.807, 2.05) is 0 Å². The van der Waals surface area contributed by atoms with E-state index in [-0.39, 0.29) is 47.1 Å². The minimum Gasteiger partial charge on any atom is -1.00 e. The van der Waals surface area contributed by atoms with Gasteiger partial charge in [0.05, 0.1) is 0 Å². The Bertz CT molecular complexity index is 1200. The molecule has 0 bridgehead atoms. The van der Waals surface area contributed by atoms with Crippen molar-refractivity contribution in [3.05, 3.63) is 77.4 Å². The fourth-order valence-corrected chi connectivity index (χ4v) is 15.0. The van der Waals surface area contributed by atoms with Crippen LogP contribution in [-0.4, -0.2) is 16.6 Å². The second kappa shape index (κ2) is 11.4. The molecule has 2 aromatic rings. The molecule has 2 atom stereocenters. The first-order valence-corrected chi connectivity index (χ1v) is 23.3. The van der Waals surface area contributed by atoms with Crippen LogP contribution in [0, 0.1) is 0 Å². The summed E-state index contributed by atoms with van der Waals surface area (Å²) in [5.41, 5.74) is 8.99. The van der Waals surface area contributed by atoms with E-state index < -0.39 is 39.5 Å². The van der Waals surface area contributed by atoms with Gasteiger partial charge in [-0.3, -0.25) is 0 Å². The van der Waals surface area contributed by atoms with Crippen LogP contribution in [0.1, 0.15) is 88.8 Å². The van der Waals surface area contributed by atoms with Gasteiger partial charge in [0.25, 0.3) is 0 Å². The molecule has 2 nitrogen and oxygen atoms in total. The van der Waals surface area contributed by atoms with Crippen LogP contribution in [0.3, 0.4) is 0 Å². The quantitative estimate of drug-likeness (QED) is 0.441. The summed E-state index contributed by atoms with van der Waals surface area (Å²) < 4.78 is 18.0. The third-order valence-electron chi connectivity index (χ3n) is 9.64. The second-order valence-electron chi connectivity index (χ2n) is 14.1. The maximum Gasteiger partial charge on any atom is -1.00 e. The minimum atomic E-state index is -1.95. The number of benzene rings is 2. The number of hydrogen-bond donors (Lipinski definition) is 0. The molecule has 0 N–H and O–H groups in total. The van der Waals surface area contributed by atoms with Gasteiger partial charge in [0.1, 0.15) is 0 Å². The largest absolute Gasteiger partial charge is 1.00 e. The van der Waals surface area contributed by atoms with Crippen molar-refractivity contribution in [3.8, 4) is 0 Å². The van der Waals surface area contributed by atoms with E-state index in [0.717, 1.165) is 12.8 Å². The first kappa shape index (κ1) is 33.2. The summed E-state index contributed by atoms with van der Waals surface area (Å²) in [6, 6.07) is 18.3. The van der Waals surface area contributed by atoms with Crippen molar-refractivity contribution in [2.75, 3.05) is 0 Å². The first-order chi connectivity index (χ1) is 17.1. The van der Waals surface area contributed by atoms with E-state index in [4.69, 9.17) is 8.85 Å². The Morgan fingerprint density at radius 3 is 1.28 bits per heavy atom. The van der Waals surface area contributed by atoms with E-state index in [1.165, 1.54) is 22.3 Å². The molecule has 0 aromatic heterocycles. The van der Waals surface area contributed by atoms with Crippen LogP contribution in [0.2, 0.25) is 36.3 Å². The van der Waals surface area contributed by atoms with Crippen LogP contribution in [0.5, 0.6) is 0 Å². The van der Waals surface area contributed by atoms with Gasteiger partial charge in [-0.15, -0.1) is 0 Å².